The van der Waals surface area contributed by atoms with Crippen molar-refractivity contribution in [3.05, 3.63) is 27.3 Å². The first kappa shape index (κ1) is 16.1. The van der Waals surface area contributed by atoms with Gasteiger partial charge in [-0.15, -0.1) is 0 Å². The third kappa shape index (κ3) is 2.73. The zero-order chi connectivity index (χ0) is 16.0. The van der Waals surface area contributed by atoms with Crippen LogP contribution in [0.4, 0.5) is 5.69 Å². The first-order valence-corrected chi connectivity index (χ1v) is 6.84. The van der Waals surface area contributed by atoms with E-state index in [0.29, 0.717) is 10.5 Å². The molecule has 1 saturated heterocycles. The molecule has 1 aliphatic heterocycles. The number of halogens is 1. The number of methoxy groups -OCH3 is 1. The van der Waals surface area contributed by atoms with Crippen molar-refractivity contribution < 1.29 is 19.0 Å². The second-order valence-corrected chi connectivity index (χ2v) is 6.30. The molecule has 0 atom stereocenters. The molecule has 8 heteroatoms. The smallest absolute Gasteiger partial charge is 0.490 e. The summed E-state index contributed by atoms with van der Waals surface area (Å²) in [6.45, 7) is 7.61. The van der Waals surface area contributed by atoms with Crippen molar-refractivity contribution in [2.24, 2.45) is 0 Å². The molecular formula is C13H17BClNO5. The summed E-state index contributed by atoms with van der Waals surface area (Å²) in [6, 6.07) is 2.74. The summed E-state index contributed by atoms with van der Waals surface area (Å²) in [5.41, 5.74) is -0.847. The molecule has 21 heavy (non-hydrogen) atoms. The van der Waals surface area contributed by atoms with Crippen LogP contribution in [0.5, 0.6) is 5.75 Å². The lowest BCUT2D eigenvalue weighted by Crippen LogP contribution is -2.41. The first-order chi connectivity index (χ1) is 9.59. The van der Waals surface area contributed by atoms with Gasteiger partial charge in [-0.3, -0.25) is 10.1 Å². The number of hydrogen-bond donors (Lipinski definition) is 0. The van der Waals surface area contributed by atoms with E-state index >= 15 is 0 Å². The Labute approximate surface area is 128 Å². The van der Waals surface area contributed by atoms with Gasteiger partial charge in [-0.2, -0.15) is 0 Å². The van der Waals surface area contributed by atoms with Crippen LogP contribution in [0.15, 0.2) is 12.1 Å². The van der Waals surface area contributed by atoms with E-state index < -0.39 is 23.2 Å². The number of rotatable bonds is 3. The Kier molecular flexibility index (Phi) is 3.95. The van der Waals surface area contributed by atoms with E-state index in [-0.39, 0.29) is 11.4 Å². The average molecular weight is 314 g/mol. The maximum Gasteiger partial charge on any atom is 0.496 e. The Morgan fingerprint density at radius 1 is 1.24 bits per heavy atom. The summed E-state index contributed by atoms with van der Waals surface area (Å²) in [6.07, 6.45) is 0. The monoisotopic (exact) mass is 313 g/mol. The van der Waals surface area contributed by atoms with Crippen molar-refractivity contribution in [2.75, 3.05) is 7.11 Å². The predicted molar refractivity (Wildman–Crippen MR) is 80.4 cm³/mol. The van der Waals surface area contributed by atoms with Crippen molar-refractivity contribution in [3.8, 4) is 5.75 Å². The molecule has 0 aromatic heterocycles. The molecule has 1 heterocycles. The average Bonchev–Trinajstić information content (AvgIpc) is 2.57. The first-order valence-electron chi connectivity index (χ1n) is 6.46. The molecule has 0 aliphatic carbocycles. The van der Waals surface area contributed by atoms with Gasteiger partial charge in [-0.05, 0) is 27.7 Å². The molecule has 1 aliphatic rings. The number of benzene rings is 1. The van der Waals surface area contributed by atoms with Crippen LogP contribution in [0.3, 0.4) is 0 Å². The fourth-order valence-electron chi connectivity index (χ4n) is 2.02. The molecule has 114 valence electrons. The lowest BCUT2D eigenvalue weighted by atomic mass is 9.78. The van der Waals surface area contributed by atoms with Crippen LogP contribution < -0.4 is 10.2 Å². The Morgan fingerprint density at radius 2 is 1.76 bits per heavy atom. The standard InChI is InChI=1S/C13H17BClNO5/c1-12(2)13(3,4)21-14(20-12)8-6-10(16(17)18)11(19-5)7-9(8)15/h6-7H,1-5H3. The van der Waals surface area contributed by atoms with Gasteiger partial charge in [0.2, 0.25) is 0 Å². The molecule has 0 unspecified atom stereocenters. The topological polar surface area (TPSA) is 70.8 Å². The maximum atomic E-state index is 11.1. The van der Waals surface area contributed by atoms with Gasteiger partial charge in [-0.1, -0.05) is 11.6 Å². The Bertz CT molecular complexity index is 574. The Hall–Kier alpha value is -1.31. The zero-order valence-corrected chi connectivity index (χ0v) is 13.4. The van der Waals surface area contributed by atoms with Crippen LogP contribution in [-0.4, -0.2) is 30.4 Å². The normalized spacial score (nSPS) is 19.6. The number of nitro benzene ring substituents is 1. The molecule has 6 nitrogen and oxygen atoms in total. The number of hydrogen-bond acceptors (Lipinski definition) is 5. The van der Waals surface area contributed by atoms with Crippen molar-refractivity contribution in [1.29, 1.82) is 0 Å². The van der Waals surface area contributed by atoms with Gasteiger partial charge in [0.15, 0.2) is 5.75 Å². The van der Waals surface area contributed by atoms with Crippen molar-refractivity contribution in [1.82, 2.24) is 0 Å². The highest BCUT2D eigenvalue weighted by Gasteiger charge is 2.52. The molecule has 0 bridgehead atoms. The van der Waals surface area contributed by atoms with Crippen LogP contribution in [0.2, 0.25) is 5.02 Å². The minimum absolute atomic E-state index is 0.102. The van der Waals surface area contributed by atoms with Gasteiger partial charge in [0, 0.05) is 22.6 Å². The largest absolute Gasteiger partial charge is 0.496 e. The van der Waals surface area contributed by atoms with E-state index in [1.54, 1.807) is 0 Å². The molecule has 0 N–H and O–H groups in total. The summed E-state index contributed by atoms with van der Waals surface area (Å²) in [5, 5.41) is 11.4. The summed E-state index contributed by atoms with van der Waals surface area (Å²) < 4.78 is 16.7. The minimum Gasteiger partial charge on any atom is -0.490 e. The van der Waals surface area contributed by atoms with E-state index in [0.717, 1.165) is 0 Å². The van der Waals surface area contributed by atoms with E-state index in [1.165, 1.54) is 19.2 Å². The Balaban J connectivity index is 2.47. The molecule has 0 amide bonds. The van der Waals surface area contributed by atoms with Crippen LogP contribution in [0.25, 0.3) is 0 Å². The number of nitro groups is 1. The quantitative estimate of drug-likeness (QED) is 0.487. The van der Waals surface area contributed by atoms with Gasteiger partial charge in [-0.25, -0.2) is 0 Å². The second kappa shape index (κ2) is 5.16. The fraction of sp³-hybridized carbons (Fsp3) is 0.538. The van der Waals surface area contributed by atoms with E-state index in [9.17, 15) is 10.1 Å². The van der Waals surface area contributed by atoms with Gasteiger partial charge >= 0.3 is 12.8 Å². The number of ether oxygens (including phenoxy) is 1. The van der Waals surface area contributed by atoms with Crippen molar-refractivity contribution >= 4 is 29.9 Å². The third-order valence-electron chi connectivity index (χ3n) is 4.00. The maximum absolute atomic E-state index is 11.1. The van der Waals surface area contributed by atoms with Crippen molar-refractivity contribution in [2.45, 2.75) is 38.9 Å². The molecule has 1 aromatic rings. The van der Waals surface area contributed by atoms with Crippen LogP contribution >= 0.6 is 11.6 Å². The highest BCUT2D eigenvalue weighted by molar-refractivity contribution is 6.65. The van der Waals surface area contributed by atoms with Crippen LogP contribution in [-0.2, 0) is 9.31 Å². The van der Waals surface area contributed by atoms with Crippen LogP contribution in [0.1, 0.15) is 27.7 Å². The number of nitrogens with zero attached hydrogens (tertiary/aromatic N) is 1. The second-order valence-electron chi connectivity index (χ2n) is 5.89. The van der Waals surface area contributed by atoms with E-state index in [2.05, 4.69) is 0 Å². The Morgan fingerprint density at radius 3 is 2.19 bits per heavy atom. The lowest BCUT2D eigenvalue weighted by molar-refractivity contribution is -0.385. The molecule has 1 fully saturated rings. The van der Waals surface area contributed by atoms with Gasteiger partial charge in [0.1, 0.15) is 0 Å². The van der Waals surface area contributed by atoms with Crippen LogP contribution in [0, 0.1) is 10.1 Å². The summed E-state index contributed by atoms with van der Waals surface area (Å²) in [4.78, 5) is 10.6. The molecule has 1 aromatic carbocycles. The molecular weight excluding hydrogens is 296 g/mol. The molecule has 0 radical (unpaired) electrons. The molecule has 0 saturated carbocycles. The van der Waals surface area contributed by atoms with Gasteiger partial charge in [0.05, 0.1) is 23.2 Å². The SMILES string of the molecule is COc1cc(Cl)c(B2OC(C)(C)C(C)(C)O2)cc1[N+](=O)[O-]. The van der Waals surface area contributed by atoms with E-state index in [4.69, 9.17) is 25.6 Å². The van der Waals surface area contributed by atoms with Gasteiger partial charge in [0.25, 0.3) is 0 Å². The van der Waals surface area contributed by atoms with E-state index in [1.807, 2.05) is 27.7 Å². The highest BCUT2D eigenvalue weighted by Crippen LogP contribution is 2.38. The fourth-order valence-corrected chi connectivity index (χ4v) is 2.26. The lowest BCUT2D eigenvalue weighted by Gasteiger charge is -2.32. The molecule has 2 rings (SSSR count). The van der Waals surface area contributed by atoms with Gasteiger partial charge < -0.3 is 14.0 Å². The minimum atomic E-state index is -0.757. The zero-order valence-electron chi connectivity index (χ0n) is 12.6. The predicted octanol–water partition coefficient (Wildman–Crippen LogP) is 2.56. The summed E-state index contributed by atoms with van der Waals surface area (Å²) >= 11 is 6.19. The summed E-state index contributed by atoms with van der Waals surface area (Å²) in [5.74, 6) is 0.102. The highest BCUT2D eigenvalue weighted by atomic mass is 35.5. The third-order valence-corrected chi connectivity index (χ3v) is 4.33. The molecule has 0 spiro atoms. The van der Waals surface area contributed by atoms with Crippen molar-refractivity contribution in [3.63, 3.8) is 0 Å². The summed E-state index contributed by atoms with van der Waals surface area (Å²) in [7, 11) is 0.597.